The zero-order valence-electron chi connectivity index (χ0n) is 8.85. The van der Waals surface area contributed by atoms with Crippen LogP contribution in [0.25, 0.3) is 0 Å². The lowest BCUT2D eigenvalue weighted by molar-refractivity contribution is -0.133. The van der Waals surface area contributed by atoms with Gasteiger partial charge in [0.05, 0.1) is 5.57 Å². The van der Waals surface area contributed by atoms with Crippen LogP contribution in [0.2, 0.25) is 0 Å². The number of benzene rings is 1. The van der Waals surface area contributed by atoms with Crippen LogP contribution in [0.5, 0.6) is 0 Å². The second-order valence-corrected chi connectivity index (χ2v) is 4.59. The maximum absolute atomic E-state index is 11.1. The molecular formula is C12H13IO3. The summed E-state index contributed by atoms with van der Waals surface area (Å²) in [5, 5.41) is 19.1. The van der Waals surface area contributed by atoms with Crippen molar-refractivity contribution in [1.29, 1.82) is 0 Å². The van der Waals surface area contributed by atoms with Gasteiger partial charge in [0.15, 0.2) is 0 Å². The van der Waals surface area contributed by atoms with Gasteiger partial charge in [-0.1, -0.05) is 37.3 Å². The standard InChI is InChI=1S/C12H13IO3/c1-2-9(13)10(12(15)16)11(14)8-6-4-3-5-7-8/h3-7,11,14H,2H2,1H3,(H,15,16). The van der Waals surface area contributed by atoms with Crippen LogP contribution < -0.4 is 0 Å². The van der Waals surface area contributed by atoms with Crippen molar-refractivity contribution in [1.82, 2.24) is 0 Å². The normalized spacial score (nSPS) is 14.2. The number of carboxylic acids is 1. The molecule has 0 radical (unpaired) electrons. The van der Waals surface area contributed by atoms with E-state index in [9.17, 15) is 9.90 Å². The van der Waals surface area contributed by atoms with Crippen LogP contribution in [0.1, 0.15) is 25.0 Å². The van der Waals surface area contributed by atoms with E-state index in [1.54, 1.807) is 24.3 Å². The molecule has 0 spiro atoms. The van der Waals surface area contributed by atoms with Crippen LogP contribution in [0, 0.1) is 0 Å². The summed E-state index contributed by atoms with van der Waals surface area (Å²) < 4.78 is 0.668. The molecule has 0 amide bonds. The second-order valence-electron chi connectivity index (χ2n) is 3.29. The van der Waals surface area contributed by atoms with Crippen molar-refractivity contribution in [2.45, 2.75) is 19.4 Å². The van der Waals surface area contributed by atoms with E-state index in [1.165, 1.54) is 0 Å². The fourth-order valence-corrected chi connectivity index (χ4v) is 1.90. The highest BCUT2D eigenvalue weighted by Crippen LogP contribution is 2.28. The Morgan fingerprint density at radius 2 is 1.94 bits per heavy atom. The summed E-state index contributed by atoms with van der Waals surface area (Å²) in [5.74, 6) is -1.07. The Balaban J connectivity index is 3.12. The van der Waals surface area contributed by atoms with Crippen LogP contribution in [0.3, 0.4) is 0 Å². The van der Waals surface area contributed by atoms with Gasteiger partial charge in [-0.15, -0.1) is 0 Å². The molecule has 86 valence electrons. The van der Waals surface area contributed by atoms with Crippen molar-refractivity contribution in [2.75, 3.05) is 0 Å². The highest BCUT2D eigenvalue weighted by molar-refractivity contribution is 14.1. The third-order valence-corrected chi connectivity index (χ3v) is 3.57. The third-order valence-electron chi connectivity index (χ3n) is 2.22. The molecule has 1 aromatic rings. The zero-order chi connectivity index (χ0) is 12.1. The number of aliphatic hydroxyl groups is 1. The predicted octanol–water partition coefficient (Wildman–Crippen LogP) is 2.90. The average molecular weight is 332 g/mol. The quantitative estimate of drug-likeness (QED) is 0.658. The number of hydrogen-bond donors (Lipinski definition) is 2. The van der Waals surface area contributed by atoms with Crippen LogP contribution in [-0.2, 0) is 4.79 Å². The summed E-state index contributed by atoms with van der Waals surface area (Å²) >= 11 is 1.96. The lowest BCUT2D eigenvalue weighted by Gasteiger charge is -2.13. The molecule has 3 nitrogen and oxygen atoms in total. The lowest BCUT2D eigenvalue weighted by Crippen LogP contribution is -2.12. The lowest BCUT2D eigenvalue weighted by atomic mass is 10.0. The van der Waals surface area contributed by atoms with Crippen molar-refractivity contribution >= 4 is 28.6 Å². The second kappa shape index (κ2) is 6.00. The molecule has 0 heterocycles. The van der Waals surface area contributed by atoms with E-state index in [4.69, 9.17) is 5.11 Å². The van der Waals surface area contributed by atoms with Crippen LogP contribution in [0.4, 0.5) is 0 Å². The number of carbonyl (C=O) groups is 1. The van der Waals surface area contributed by atoms with Gasteiger partial charge < -0.3 is 10.2 Å². The molecule has 1 rings (SSSR count). The Kier molecular flexibility index (Phi) is 4.95. The molecule has 0 saturated carbocycles. The number of hydrogen-bond acceptors (Lipinski definition) is 2. The first-order chi connectivity index (χ1) is 7.57. The summed E-state index contributed by atoms with van der Waals surface area (Å²) in [6.07, 6.45) is -0.461. The molecule has 0 bridgehead atoms. The number of aliphatic hydroxyl groups excluding tert-OH is 1. The highest BCUT2D eigenvalue weighted by Gasteiger charge is 2.22. The molecule has 16 heavy (non-hydrogen) atoms. The Labute approximate surface area is 108 Å². The minimum atomic E-state index is -1.07. The Morgan fingerprint density at radius 1 is 1.38 bits per heavy atom. The van der Waals surface area contributed by atoms with E-state index in [1.807, 2.05) is 35.6 Å². The van der Waals surface area contributed by atoms with Gasteiger partial charge in [0.1, 0.15) is 6.10 Å². The predicted molar refractivity (Wildman–Crippen MR) is 70.4 cm³/mol. The first kappa shape index (κ1) is 13.2. The SMILES string of the molecule is CCC(I)=C(C(=O)O)C(O)c1ccccc1. The van der Waals surface area contributed by atoms with Crippen molar-refractivity contribution < 1.29 is 15.0 Å². The molecule has 0 fully saturated rings. The van der Waals surface area contributed by atoms with E-state index in [-0.39, 0.29) is 5.57 Å². The zero-order valence-corrected chi connectivity index (χ0v) is 11.0. The molecule has 1 unspecified atom stereocenters. The fourth-order valence-electron chi connectivity index (χ4n) is 1.37. The monoisotopic (exact) mass is 332 g/mol. The molecular weight excluding hydrogens is 319 g/mol. The smallest absolute Gasteiger partial charge is 0.335 e. The number of aliphatic carboxylic acids is 1. The summed E-state index contributed by atoms with van der Waals surface area (Å²) in [4.78, 5) is 11.1. The van der Waals surface area contributed by atoms with Crippen molar-refractivity contribution in [2.24, 2.45) is 0 Å². The van der Waals surface area contributed by atoms with Gasteiger partial charge in [-0.05, 0) is 34.6 Å². The first-order valence-corrected chi connectivity index (χ1v) is 6.00. The molecule has 1 aromatic carbocycles. The van der Waals surface area contributed by atoms with Gasteiger partial charge >= 0.3 is 5.97 Å². The number of halogens is 1. The maximum Gasteiger partial charge on any atom is 0.335 e. The van der Waals surface area contributed by atoms with Crippen LogP contribution in [-0.4, -0.2) is 16.2 Å². The molecule has 0 saturated heterocycles. The van der Waals surface area contributed by atoms with Gasteiger partial charge in [-0.2, -0.15) is 0 Å². The van der Waals surface area contributed by atoms with Gasteiger partial charge in [0.25, 0.3) is 0 Å². The van der Waals surface area contributed by atoms with Crippen molar-refractivity contribution in [3.63, 3.8) is 0 Å². The number of rotatable bonds is 4. The summed E-state index contributed by atoms with van der Waals surface area (Å²) in [6.45, 7) is 1.86. The van der Waals surface area contributed by atoms with Crippen LogP contribution >= 0.6 is 22.6 Å². The van der Waals surface area contributed by atoms with Gasteiger partial charge in [0, 0.05) is 3.58 Å². The van der Waals surface area contributed by atoms with E-state index < -0.39 is 12.1 Å². The molecule has 0 aliphatic heterocycles. The summed E-state index contributed by atoms with van der Waals surface area (Å²) in [7, 11) is 0. The van der Waals surface area contributed by atoms with Gasteiger partial charge in [-0.3, -0.25) is 0 Å². The Hall–Kier alpha value is -0.880. The third kappa shape index (κ3) is 3.05. The van der Waals surface area contributed by atoms with E-state index in [0.29, 0.717) is 15.6 Å². The summed E-state index contributed by atoms with van der Waals surface area (Å²) in [6, 6.07) is 8.80. The molecule has 2 N–H and O–H groups in total. The van der Waals surface area contributed by atoms with Crippen molar-refractivity contribution in [3.05, 3.63) is 45.0 Å². The summed E-state index contributed by atoms with van der Waals surface area (Å²) in [5.41, 5.74) is 0.664. The Bertz CT molecular complexity index is 398. The van der Waals surface area contributed by atoms with Gasteiger partial charge in [0.2, 0.25) is 0 Å². The molecule has 1 atom stereocenters. The van der Waals surface area contributed by atoms with Crippen LogP contribution in [0.15, 0.2) is 39.5 Å². The fraction of sp³-hybridized carbons (Fsp3) is 0.250. The Morgan fingerprint density at radius 3 is 2.38 bits per heavy atom. The van der Waals surface area contributed by atoms with E-state index in [2.05, 4.69) is 0 Å². The molecule has 4 heteroatoms. The molecule has 0 aliphatic rings. The van der Waals surface area contributed by atoms with Crippen molar-refractivity contribution in [3.8, 4) is 0 Å². The molecule has 0 aromatic heterocycles. The largest absolute Gasteiger partial charge is 0.478 e. The maximum atomic E-state index is 11.1. The number of allylic oxidation sites excluding steroid dienone is 1. The highest BCUT2D eigenvalue weighted by atomic mass is 127. The average Bonchev–Trinajstić information content (AvgIpc) is 2.29. The van der Waals surface area contributed by atoms with Gasteiger partial charge in [-0.25, -0.2) is 4.79 Å². The minimum Gasteiger partial charge on any atom is -0.478 e. The minimum absolute atomic E-state index is 0.0642. The molecule has 0 aliphatic carbocycles. The first-order valence-electron chi connectivity index (χ1n) is 4.92. The topological polar surface area (TPSA) is 57.5 Å². The number of carboxylic acid groups (broad SMARTS) is 1. The van der Waals surface area contributed by atoms with E-state index >= 15 is 0 Å². The van der Waals surface area contributed by atoms with E-state index in [0.717, 1.165) is 0 Å².